The third-order valence-electron chi connectivity index (χ3n) is 5.06. The highest BCUT2D eigenvalue weighted by atomic mass is 19.1. The number of hydrogen-bond acceptors (Lipinski definition) is 4. The molecule has 5 heteroatoms. The van der Waals surface area contributed by atoms with E-state index in [0.29, 0.717) is 13.2 Å². The van der Waals surface area contributed by atoms with E-state index in [0.717, 1.165) is 24.8 Å². The maximum Gasteiger partial charge on any atom is 0.158 e. The highest BCUT2D eigenvalue weighted by Gasteiger charge is 2.41. The SMILES string of the molecule is CC(C)(C)C(O)CC(OC1CCCCO1)C(C)(F)COCc1ccccc1. The van der Waals surface area contributed by atoms with Gasteiger partial charge in [-0.3, -0.25) is 0 Å². The van der Waals surface area contributed by atoms with E-state index in [-0.39, 0.29) is 18.4 Å². The lowest BCUT2D eigenvalue weighted by Gasteiger charge is -2.38. The average molecular weight is 383 g/mol. The van der Waals surface area contributed by atoms with Gasteiger partial charge >= 0.3 is 0 Å². The Hall–Kier alpha value is -1.01. The van der Waals surface area contributed by atoms with Crippen LogP contribution in [-0.2, 0) is 20.8 Å². The number of aliphatic hydroxyl groups excluding tert-OH is 1. The molecule has 1 aliphatic rings. The van der Waals surface area contributed by atoms with Crippen LogP contribution < -0.4 is 0 Å². The van der Waals surface area contributed by atoms with Crippen molar-refractivity contribution in [3.63, 3.8) is 0 Å². The van der Waals surface area contributed by atoms with Crippen molar-refractivity contribution < 1.29 is 23.7 Å². The molecule has 1 N–H and O–H groups in total. The lowest BCUT2D eigenvalue weighted by atomic mass is 9.83. The van der Waals surface area contributed by atoms with Crippen molar-refractivity contribution in [1.82, 2.24) is 0 Å². The Morgan fingerprint density at radius 2 is 1.89 bits per heavy atom. The summed E-state index contributed by atoms with van der Waals surface area (Å²) in [5, 5.41) is 10.5. The molecular formula is C22H35FO4. The minimum atomic E-state index is -1.73. The van der Waals surface area contributed by atoms with Gasteiger partial charge in [0.2, 0.25) is 0 Å². The van der Waals surface area contributed by atoms with Gasteiger partial charge < -0.3 is 19.3 Å². The van der Waals surface area contributed by atoms with Crippen molar-refractivity contribution >= 4 is 0 Å². The fourth-order valence-electron chi connectivity index (χ4n) is 3.04. The third kappa shape index (κ3) is 7.49. The van der Waals surface area contributed by atoms with Gasteiger partial charge in [0.25, 0.3) is 0 Å². The summed E-state index contributed by atoms with van der Waals surface area (Å²) in [5.74, 6) is 0. The first-order valence-electron chi connectivity index (χ1n) is 9.94. The smallest absolute Gasteiger partial charge is 0.158 e. The number of aliphatic hydroxyl groups is 1. The van der Waals surface area contributed by atoms with Crippen LogP contribution in [0, 0.1) is 5.41 Å². The van der Waals surface area contributed by atoms with Gasteiger partial charge in [-0.2, -0.15) is 0 Å². The van der Waals surface area contributed by atoms with Crippen LogP contribution >= 0.6 is 0 Å². The van der Waals surface area contributed by atoms with E-state index in [1.54, 1.807) is 0 Å². The summed E-state index contributed by atoms with van der Waals surface area (Å²) in [6.45, 7) is 8.17. The minimum Gasteiger partial charge on any atom is -0.392 e. The first kappa shape index (κ1) is 22.3. The molecule has 0 spiro atoms. The zero-order valence-corrected chi connectivity index (χ0v) is 17.1. The van der Waals surface area contributed by atoms with E-state index in [2.05, 4.69) is 0 Å². The number of halogens is 1. The Bertz CT molecular complexity index is 535. The van der Waals surface area contributed by atoms with Crippen LogP contribution in [0.3, 0.4) is 0 Å². The lowest BCUT2D eigenvalue weighted by Crippen LogP contribution is -2.47. The molecule has 1 aromatic carbocycles. The number of alkyl halides is 1. The van der Waals surface area contributed by atoms with E-state index in [1.165, 1.54) is 6.92 Å². The van der Waals surface area contributed by atoms with Gasteiger partial charge in [0.05, 0.1) is 25.4 Å². The summed E-state index contributed by atoms with van der Waals surface area (Å²) in [6.07, 6.45) is 1.06. The van der Waals surface area contributed by atoms with Crippen LogP contribution in [0.2, 0.25) is 0 Å². The summed E-state index contributed by atoms with van der Waals surface area (Å²) in [5.41, 5.74) is -1.09. The number of benzene rings is 1. The second kappa shape index (κ2) is 9.97. The van der Waals surface area contributed by atoms with Crippen LogP contribution in [-0.4, -0.2) is 42.5 Å². The molecule has 1 heterocycles. The van der Waals surface area contributed by atoms with Crippen molar-refractivity contribution in [2.24, 2.45) is 5.41 Å². The number of hydrogen-bond donors (Lipinski definition) is 1. The quantitative estimate of drug-likeness (QED) is 0.676. The van der Waals surface area contributed by atoms with Gasteiger partial charge in [-0.15, -0.1) is 0 Å². The second-order valence-corrected chi connectivity index (χ2v) is 8.79. The molecular weight excluding hydrogens is 347 g/mol. The zero-order chi connectivity index (χ0) is 19.9. The Balaban J connectivity index is 1.99. The summed E-state index contributed by atoms with van der Waals surface area (Å²) >= 11 is 0. The molecule has 1 aliphatic heterocycles. The normalized spacial score (nSPS) is 22.8. The highest BCUT2D eigenvalue weighted by Crippen LogP contribution is 2.32. The summed E-state index contributed by atoms with van der Waals surface area (Å²) in [4.78, 5) is 0. The molecule has 4 unspecified atom stereocenters. The highest BCUT2D eigenvalue weighted by molar-refractivity contribution is 5.13. The van der Waals surface area contributed by atoms with Crippen LogP contribution in [0.5, 0.6) is 0 Å². The first-order valence-corrected chi connectivity index (χ1v) is 9.94. The summed E-state index contributed by atoms with van der Waals surface area (Å²) in [6, 6.07) is 9.69. The molecule has 154 valence electrons. The van der Waals surface area contributed by atoms with Gasteiger partial charge in [-0.25, -0.2) is 4.39 Å². The largest absolute Gasteiger partial charge is 0.392 e. The van der Waals surface area contributed by atoms with Crippen molar-refractivity contribution in [2.75, 3.05) is 13.2 Å². The Kier molecular flexibility index (Phi) is 8.22. The molecule has 0 saturated carbocycles. The second-order valence-electron chi connectivity index (χ2n) is 8.79. The monoisotopic (exact) mass is 382 g/mol. The van der Waals surface area contributed by atoms with Crippen molar-refractivity contribution in [2.45, 2.75) is 84.2 Å². The fraction of sp³-hybridized carbons (Fsp3) is 0.727. The van der Waals surface area contributed by atoms with Crippen LogP contribution in [0.1, 0.15) is 58.9 Å². The third-order valence-corrected chi connectivity index (χ3v) is 5.06. The average Bonchev–Trinajstić information content (AvgIpc) is 2.62. The van der Waals surface area contributed by atoms with Crippen LogP contribution in [0.4, 0.5) is 4.39 Å². The molecule has 0 radical (unpaired) electrons. The molecule has 0 amide bonds. The molecule has 1 fully saturated rings. The molecule has 1 saturated heterocycles. The Morgan fingerprint density at radius 1 is 1.19 bits per heavy atom. The molecule has 0 aromatic heterocycles. The van der Waals surface area contributed by atoms with Crippen molar-refractivity contribution in [3.05, 3.63) is 35.9 Å². The molecule has 1 aromatic rings. The molecule has 0 aliphatic carbocycles. The van der Waals surface area contributed by atoms with E-state index in [1.807, 2.05) is 51.1 Å². The predicted octanol–water partition coefficient (Wildman–Crippen LogP) is 4.64. The van der Waals surface area contributed by atoms with E-state index in [9.17, 15) is 5.11 Å². The maximum absolute atomic E-state index is 15.5. The maximum atomic E-state index is 15.5. The van der Waals surface area contributed by atoms with E-state index in [4.69, 9.17) is 14.2 Å². The standard InChI is InChI=1S/C22H35FO4/c1-21(2,3)18(24)14-19(27-20-12-8-9-13-26-20)22(4,23)16-25-15-17-10-6-5-7-11-17/h5-7,10-11,18-20,24H,8-9,12-16H2,1-4H3. The fourth-order valence-corrected chi connectivity index (χ4v) is 3.04. The van der Waals surface area contributed by atoms with Crippen molar-refractivity contribution in [3.8, 4) is 0 Å². The van der Waals surface area contributed by atoms with Gasteiger partial charge in [0.15, 0.2) is 12.0 Å². The van der Waals surface area contributed by atoms with Crippen LogP contribution in [0.25, 0.3) is 0 Å². The Morgan fingerprint density at radius 3 is 2.48 bits per heavy atom. The predicted molar refractivity (Wildman–Crippen MR) is 104 cm³/mol. The summed E-state index contributed by atoms with van der Waals surface area (Å²) in [7, 11) is 0. The molecule has 2 rings (SSSR count). The minimum absolute atomic E-state index is 0.101. The number of rotatable bonds is 9. The van der Waals surface area contributed by atoms with Crippen LogP contribution in [0.15, 0.2) is 30.3 Å². The number of ether oxygens (including phenoxy) is 3. The molecule has 0 bridgehead atoms. The Labute approximate surface area is 163 Å². The van der Waals surface area contributed by atoms with E-state index < -0.39 is 24.2 Å². The van der Waals surface area contributed by atoms with E-state index >= 15 is 4.39 Å². The molecule has 4 atom stereocenters. The molecule has 27 heavy (non-hydrogen) atoms. The molecule has 4 nitrogen and oxygen atoms in total. The lowest BCUT2D eigenvalue weighted by molar-refractivity contribution is -0.227. The topological polar surface area (TPSA) is 47.9 Å². The first-order chi connectivity index (χ1) is 12.7. The van der Waals surface area contributed by atoms with Gasteiger partial charge in [-0.05, 0) is 37.2 Å². The van der Waals surface area contributed by atoms with Gasteiger partial charge in [0.1, 0.15) is 0 Å². The van der Waals surface area contributed by atoms with Gasteiger partial charge in [-0.1, -0.05) is 51.1 Å². The summed E-state index contributed by atoms with van der Waals surface area (Å²) < 4.78 is 32.8. The zero-order valence-electron chi connectivity index (χ0n) is 17.1. The van der Waals surface area contributed by atoms with Gasteiger partial charge in [0, 0.05) is 13.0 Å². The van der Waals surface area contributed by atoms with Crippen molar-refractivity contribution in [1.29, 1.82) is 0 Å².